The molecule has 0 aromatic heterocycles. The maximum atomic E-state index is 0. The Bertz CT molecular complexity index is 13.0. The van der Waals surface area contributed by atoms with Crippen molar-refractivity contribution in [1.29, 1.82) is 0 Å². The van der Waals surface area contributed by atoms with Gasteiger partial charge in [-0.15, -0.1) is 0 Å². The Kier molecular flexibility index (Phi) is 15300. The Morgan fingerprint density at radius 2 is 0.300 bits per heavy atom. The first kappa shape index (κ1) is 450. The third-order valence-electron chi connectivity index (χ3n) is 0. The summed E-state index contributed by atoms with van der Waals surface area (Å²) >= 11 is 0. The zero-order chi connectivity index (χ0) is 0. The Labute approximate surface area is 105 Å². The quantitative estimate of drug-likeness (QED) is 0.235. The van der Waals surface area contributed by atoms with E-state index < -0.39 is 0 Å². The van der Waals surface area contributed by atoms with Gasteiger partial charge in [-0.3, -0.25) is 0 Å². The molecule has 0 amide bonds. The molecular weight excluding hydrogens is 376 g/mol. The molecule has 0 heterocycles. The molecule has 10 heteroatoms. The van der Waals surface area contributed by atoms with Gasteiger partial charge in [0.1, 0.15) is 0 Å². The normalized spacial score (nSPS) is 0. The fourth-order valence-electron chi connectivity index (χ4n) is 0. The minimum Gasteiger partial charge on any atom is -1.00 e. The van der Waals surface area contributed by atoms with Gasteiger partial charge in [-0.1, -0.05) is 0 Å². The molecule has 0 saturated heterocycles. The van der Waals surface area contributed by atoms with Crippen LogP contribution >= 0.6 is 0 Å². The first-order chi connectivity index (χ1) is 0. The van der Waals surface area contributed by atoms with Crippen LogP contribution in [0.5, 0.6) is 0 Å². The van der Waals surface area contributed by atoms with Crippen LogP contribution in [0.25, 0.3) is 0 Å². The van der Waals surface area contributed by atoms with Crippen molar-refractivity contribution in [1.82, 2.24) is 36.9 Å². The molecule has 0 fully saturated rings. The SMILES string of the molecule is N.N.N.N.N.N.[Br-].[Br-].[Br-].[Cr+3]. The molecule has 0 unspecified atom stereocenters. The second-order valence-electron chi connectivity index (χ2n) is 0. The average molecular weight is 394 g/mol. The van der Waals surface area contributed by atoms with Crippen LogP contribution in [0.2, 0.25) is 0 Å². The van der Waals surface area contributed by atoms with Gasteiger partial charge in [0.15, 0.2) is 0 Å². The molecule has 0 aromatic rings. The molecule has 1 radical (unpaired) electrons. The number of hydrogen-bond donors (Lipinski definition) is 6. The van der Waals surface area contributed by atoms with Crippen molar-refractivity contribution >= 4 is 0 Å². The summed E-state index contributed by atoms with van der Waals surface area (Å²) in [4.78, 5) is 0. The summed E-state index contributed by atoms with van der Waals surface area (Å²) < 4.78 is 0. The Hall–Kier alpha value is 1.73. The number of rotatable bonds is 0. The fourth-order valence-corrected chi connectivity index (χ4v) is 0. The topological polar surface area (TPSA) is 210 Å². The third kappa shape index (κ3) is 247. The molecule has 0 aliphatic carbocycles. The third-order valence-corrected chi connectivity index (χ3v) is 0. The minimum atomic E-state index is 0. The van der Waals surface area contributed by atoms with Crippen LogP contribution in [-0.4, -0.2) is 0 Å². The fraction of sp³-hybridized carbons (Fsp3) is 0. The van der Waals surface area contributed by atoms with Crippen LogP contribution in [0.4, 0.5) is 0 Å². The number of halogens is 3. The Balaban J connectivity index is 0. The summed E-state index contributed by atoms with van der Waals surface area (Å²) in [5.41, 5.74) is 0. The zero-order valence-corrected chi connectivity index (χ0v) is 11.8. The molecule has 0 spiro atoms. The largest absolute Gasteiger partial charge is 3.00 e. The maximum Gasteiger partial charge on any atom is 3.00 e. The first-order valence-corrected chi connectivity index (χ1v) is 0. The van der Waals surface area contributed by atoms with Crippen molar-refractivity contribution in [3.05, 3.63) is 0 Å². The Morgan fingerprint density at radius 3 is 0.300 bits per heavy atom. The maximum absolute atomic E-state index is 0. The molecule has 10 heavy (non-hydrogen) atoms. The summed E-state index contributed by atoms with van der Waals surface area (Å²) in [6, 6.07) is 0. The molecule has 0 rings (SSSR count). The summed E-state index contributed by atoms with van der Waals surface area (Å²) in [5.74, 6) is 0. The van der Waals surface area contributed by atoms with E-state index in [-0.39, 0.29) is 105 Å². The van der Waals surface area contributed by atoms with Crippen LogP contribution < -0.4 is 87.8 Å². The molecule has 6 nitrogen and oxygen atoms in total. The van der Waals surface area contributed by atoms with E-state index in [0.29, 0.717) is 0 Å². The van der Waals surface area contributed by atoms with E-state index in [2.05, 4.69) is 0 Å². The van der Waals surface area contributed by atoms with Crippen molar-refractivity contribution < 1.29 is 68.3 Å². The average Bonchev–Trinajstić information content (AvgIpc) is 0. The van der Waals surface area contributed by atoms with Crippen LogP contribution in [0.15, 0.2) is 0 Å². The van der Waals surface area contributed by atoms with Crippen LogP contribution in [0.3, 0.4) is 0 Å². The van der Waals surface area contributed by atoms with Gasteiger partial charge < -0.3 is 87.8 Å². The van der Waals surface area contributed by atoms with E-state index in [0.717, 1.165) is 0 Å². The van der Waals surface area contributed by atoms with Gasteiger partial charge in [-0.25, -0.2) is 0 Å². The summed E-state index contributed by atoms with van der Waals surface area (Å²) in [6.45, 7) is 0. The predicted molar refractivity (Wildman–Crippen MR) is 30.1 cm³/mol. The van der Waals surface area contributed by atoms with Crippen LogP contribution in [0, 0.1) is 0 Å². The molecule has 75 valence electrons. The predicted octanol–water partition coefficient (Wildman–Crippen LogP) is -8.02. The molecule has 0 saturated carbocycles. The van der Waals surface area contributed by atoms with Crippen molar-refractivity contribution in [3.63, 3.8) is 0 Å². The Morgan fingerprint density at radius 1 is 0.300 bits per heavy atom. The standard InChI is InChI=1S/3BrH.Cr.6H3N/h3*1H;;6*1H3/q;;;+3;;;;;;/p-3. The van der Waals surface area contributed by atoms with Gasteiger partial charge in [0.2, 0.25) is 0 Å². The van der Waals surface area contributed by atoms with Gasteiger partial charge in [0.05, 0.1) is 0 Å². The van der Waals surface area contributed by atoms with Crippen LogP contribution in [-0.2, 0) is 17.4 Å². The second kappa shape index (κ2) is 339. The smallest absolute Gasteiger partial charge is 1.00 e. The monoisotopic (exact) mass is 391 g/mol. The van der Waals surface area contributed by atoms with E-state index in [1.807, 2.05) is 0 Å². The molecule has 18 N–H and O–H groups in total. The number of hydrogen-bond acceptors (Lipinski definition) is 6. The van der Waals surface area contributed by atoms with Crippen molar-refractivity contribution in [2.24, 2.45) is 0 Å². The van der Waals surface area contributed by atoms with E-state index in [9.17, 15) is 0 Å². The van der Waals surface area contributed by atoms with Crippen molar-refractivity contribution in [2.75, 3.05) is 0 Å². The van der Waals surface area contributed by atoms with Crippen LogP contribution in [0.1, 0.15) is 0 Å². The summed E-state index contributed by atoms with van der Waals surface area (Å²) in [5, 5.41) is 0. The van der Waals surface area contributed by atoms with Gasteiger partial charge in [0, 0.05) is 0 Å². The first-order valence-electron chi connectivity index (χ1n) is 0. The van der Waals surface area contributed by atoms with Gasteiger partial charge in [-0.2, -0.15) is 0 Å². The zero-order valence-electron chi connectivity index (χ0n) is 5.78. The van der Waals surface area contributed by atoms with E-state index in [1.165, 1.54) is 0 Å². The van der Waals surface area contributed by atoms with E-state index in [1.54, 1.807) is 0 Å². The van der Waals surface area contributed by atoms with Gasteiger partial charge in [-0.05, 0) is 0 Å². The molecular formula is H18Br3CrN6. The molecule has 0 atom stereocenters. The minimum absolute atomic E-state index is 0. The summed E-state index contributed by atoms with van der Waals surface area (Å²) in [6.07, 6.45) is 0. The summed E-state index contributed by atoms with van der Waals surface area (Å²) in [7, 11) is 0. The molecule has 0 aliphatic rings. The van der Waals surface area contributed by atoms with E-state index in [4.69, 9.17) is 0 Å². The molecule has 0 aliphatic heterocycles. The van der Waals surface area contributed by atoms with Crippen molar-refractivity contribution in [2.45, 2.75) is 0 Å². The van der Waals surface area contributed by atoms with E-state index >= 15 is 0 Å². The van der Waals surface area contributed by atoms with Gasteiger partial charge >= 0.3 is 17.4 Å². The second-order valence-corrected chi connectivity index (χ2v) is 0. The van der Waals surface area contributed by atoms with Crippen molar-refractivity contribution in [3.8, 4) is 0 Å². The molecule has 0 aromatic carbocycles. The molecule has 0 bridgehead atoms. The van der Waals surface area contributed by atoms with Gasteiger partial charge in [0.25, 0.3) is 0 Å².